The van der Waals surface area contributed by atoms with Gasteiger partial charge in [-0.2, -0.15) is 0 Å². The lowest BCUT2D eigenvalue weighted by Gasteiger charge is -2.61. The summed E-state index contributed by atoms with van der Waals surface area (Å²) in [6, 6.07) is 0. The number of esters is 1. The minimum absolute atomic E-state index is 0.0463. The van der Waals surface area contributed by atoms with Crippen LogP contribution in [0.4, 0.5) is 0 Å². The van der Waals surface area contributed by atoms with Crippen molar-refractivity contribution in [3.8, 4) is 0 Å². The van der Waals surface area contributed by atoms with Crippen molar-refractivity contribution in [3.63, 3.8) is 0 Å². The number of hydrogen-bond donors (Lipinski definition) is 1. The van der Waals surface area contributed by atoms with Crippen LogP contribution < -0.4 is 0 Å². The molecule has 4 rings (SSSR count). The summed E-state index contributed by atoms with van der Waals surface area (Å²) in [5.41, 5.74) is 0.937. The van der Waals surface area contributed by atoms with E-state index in [2.05, 4.69) is 20.8 Å². The van der Waals surface area contributed by atoms with Gasteiger partial charge in [-0.25, -0.2) is 0 Å². The maximum absolute atomic E-state index is 11.6. The maximum atomic E-state index is 11.6. The molecule has 0 bridgehead atoms. The molecule has 0 heterocycles. The molecule has 4 aliphatic carbocycles. The van der Waals surface area contributed by atoms with Crippen LogP contribution in [-0.4, -0.2) is 24.3 Å². The molecule has 0 aliphatic heterocycles. The van der Waals surface area contributed by atoms with Crippen LogP contribution >= 0.6 is 0 Å². The Hall–Kier alpha value is -0.570. The molecule has 0 amide bonds. The first-order valence-corrected chi connectivity index (χ1v) is 12.0. The summed E-state index contributed by atoms with van der Waals surface area (Å²) in [5.74, 6) is 4.72. The fourth-order valence-corrected chi connectivity index (χ4v) is 8.86. The van der Waals surface area contributed by atoms with Crippen molar-refractivity contribution in [1.82, 2.24) is 0 Å². The van der Waals surface area contributed by atoms with Gasteiger partial charge in [-0.15, -0.1) is 0 Å². The van der Waals surface area contributed by atoms with Crippen LogP contribution in [0.3, 0.4) is 0 Å². The molecule has 0 saturated heterocycles. The fraction of sp³-hybridized carbons (Fsp3) is 0.960. The summed E-state index contributed by atoms with van der Waals surface area (Å²) in [7, 11) is 1.50. The molecule has 0 spiro atoms. The Morgan fingerprint density at radius 3 is 2.50 bits per heavy atom. The van der Waals surface area contributed by atoms with Gasteiger partial charge in [0.15, 0.2) is 0 Å². The second-order valence-electron chi connectivity index (χ2n) is 11.4. The van der Waals surface area contributed by atoms with E-state index in [4.69, 9.17) is 4.74 Å². The number of aliphatic hydroxyl groups is 1. The number of carbonyl (C=O) groups excluding carboxylic acids is 1. The molecular weight excluding hydrogens is 348 g/mol. The van der Waals surface area contributed by atoms with Crippen LogP contribution in [0.1, 0.15) is 91.4 Å². The molecule has 9 atom stereocenters. The Morgan fingerprint density at radius 2 is 1.75 bits per heavy atom. The highest BCUT2D eigenvalue weighted by atomic mass is 16.5. The number of methoxy groups -OCH3 is 1. The molecule has 160 valence electrons. The normalized spacial score (nSPS) is 48.9. The summed E-state index contributed by atoms with van der Waals surface area (Å²) in [6.45, 7) is 7.56. The van der Waals surface area contributed by atoms with E-state index in [0.717, 1.165) is 48.9 Å². The predicted octanol–water partition coefficient (Wildman–Crippen LogP) is 5.60. The monoisotopic (exact) mass is 390 g/mol. The predicted molar refractivity (Wildman–Crippen MR) is 112 cm³/mol. The van der Waals surface area contributed by atoms with Crippen molar-refractivity contribution in [2.75, 3.05) is 7.11 Å². The van der Waals surface area contributed by atoms with Gasteiger partial charge in [-0.05, 0) is 111 Å². The topological polar surface area (TPSA) is 46.5 Å². The third-order valence-corrected chi connectivity index (χ3v) is 10.4. The van der Waals surface area contributed by atoms with Crippen molar-refractivity contribution in [1.29, 1.82) is 0 Å². The minimum Gasteiger partial charge on any atom is -0.469 e. The molecule has 4 fully saturated rings. The number of hydrogen-bond acceptors (Lipinski definition) is 3. The maximum Gasteiger partial charge on any atom is 0.305 e. The van der Waals surface area contributed by atoms with Crippen LogP contribution in [0.2, 0.25) is 0 Å². The number of rotatable bonds is 4. The van der Waals surface area contributed by atoms with Crippen LogP contribution in [0.25, 0.3) is 0 Å². The molecule has 0 aromatic heterocycles. The Bertz CT molecular complexity index is 588. The standard InChI is InChI=1S/C25H42O3/c1-16(5-10-23(27)28-4)20-8-9-21-19-7-6-17-15-18(26)11-13-24(17,2)22(19)12-14-25(20,21)3/h16-22,26H,5-15H2,1-4H3/t16-,17-,18-,19-,20+,21+,22-,24-,25+/m0/s1. The molecule has 28 heavy (non-hydrogen) atoms. The van der Waals surface area contributed by atoms with Gasteiger partial charge >= 0.3 is 5.97 Å². The van der Waals surface area contributed by atoms with Gasteiger partial charge < -0.3 is 9.84 Å². The van der Waals surface area contributed by atoms with E-state index in [1.165, 1.54) is 52.1 Å². The molecule has 0 radical (unpaired) electrons. The smallest absolute Gasteiger partial charge is 0.305 e. The largest absolute Gasteiger partial charge is 0.469 e. The van der Waals surface area contributed by atoms with Crippen molar-refractivity contribution in [3.05, 3.63) is 0 Å². The van der Waals surface area contributed by atoms with E-state index in [-0.39, 0.29) is 12.1 Å². The first-order valence-electron chi connectivity index (χ1n) is 12.0. The molecule has 4 saturated carbocycles. The molecular formula is C25H42O3. The molecule has 4 aliphatic rings. The average Bonchev–Trinajstić information content (AvgIpc) is 3.03. The Labute approximate surface area is 172 Å². The van der Waals surface area contributed by atoms with E-state index in [1.807, 2.05) is 0 Å². The van der Waals surface area contributed by atoms with Gasteiger partial charge in [0.1, 0.15) is 0 Å². The third kappa shape index (κ3) is 3.24. The van der Waals surface area contributed by atoms with Crippen LogP contribution in [0.15, 0.2) is 0 Å². The summed E-state index contributed by atoms with van der Waals surface area (Å²) < 4.78 is 4.88. The van der Waals surface area contributed by atoms with E-state index in [0.29, 0.717) is 23.2 Å². The molecule has 1 N–H and O–H groups in total. The van der Waals surface area contributed by atoms with Gasteiger partial charge in [0.2, 0.25) is 0 Å². The van der Waals surface area contributed by atoms with Crippen LogP contribution in [0.5, 0.6) is 0 Å². The summed E-state index contributed by atoms with van der Waals surface area (Å²) >= 11 is 0. The lowest BCUT2D eigenvalue weighted by atomic mass is 9.44. The zero-order valence-electron chi connectivity index (χ0n) is 18.6. The molecule has 3 heteroatoms. The van der Waals surface area contributed by atoms with E-state index < -0.39 is 0 Å². The zero-order valence-corrected chi connectivity index (χ0v) is 18.6. The van der Waals surface area contributed by atoms with Gasteiger partial charge in [0, 0.05) is 6.42 Å². The fourth-order valence-electron chi connectivity index (χ4n) is 8.86. The second-order valence-corrected chi connectivity index (χ2v) is 11.4. The van der Waals surface area contributed by atoms with E-state index in [9.17, 15) is 9.90 Å². The SMILES string of the molecule is COC(=O)CC[C@H](C)[C@H]1CC[C@@H]2[C@@H]3CC[C@H]4C[C@@H](O)CC[C@]4(C)[C@H]3CC[C@@]21C. The number of fused-ring (bicyclic) bond motifs is 5. The zero-order chi connectivity index (χ0) is 20.1. The van der Waals surface area contributed by atoms with Gasteiger partial charge in [-0.3, -0.25) is 4.79 Å². The number of aliphatic hydroxyl groups excluding tert-OH is 1. The first kappa shape index (κ1) is 20.7. The van der Waals surface area contributed by atoms with E-state index >= 15 is 0 Å². The van der Waals surface area contributed by atoms with Gasteiger partial charge in [0.25, 0.3) is 0 Å². The second kappa shape index (κ2) is 7.60. The molecule has 0 aromatic rings. The summed E-state index contributed by atoms with van der Waals surface area (Å²) in [5, 5.41) is 10.2. The first-order chi connectivity index (χ1) is 13.3. The van der Waals surface area contributed by atoms with Crippen LogP contribution in [-0.2, 0) is 9.53 Å². The summed E-state index contributed by atoms with van der Waals surface area (Å²) in [6.07, 6.45) is 13.1. The Kier molecular flexibility index (Phi) is 5.61. The number of ether oxygens (including phenoxy) is 1. The lowest BCUT2D eigenvalue weighted by Crippen LogP contribution is -2.54. The number of carbonyl (C=O) groups is 1. The highest BCUT2D eigenvalue weighted by Gasteiger charge is 2.60. The highest BCUT2D eigenvalue weighted by molar-refractivity contribution is 5.69. The van der Waals surface area contributed by atoms with Crippen molar-refractivity contribution in [2.45, 2.75) is 97.5 Å². The quantitative estimate of drug-likeness (QED) is 0.636. The third-order valence-electron chi connectivity index (χ3n) is 10.4. The molecule has 0 aromatic carbocycles. The van der Waals surface area contributed by atoms with Gasteiger partial charge in [-0.1, -0.05) is 20.8 Å². The Balaban J connectivity index is 1.48. The van der Waals surface area contributed by atoms with Crippen molar-refractivity contribution in [2.24, 2.45) is 46.3 Å². The highest BCUT2D eigenvalue weighted by Crippen LogP contribution is 2.68. The molecule has 0 unspecified atom stereocenters. The van der Waals surface area contributed by atoms with E-state index in [1.54, 1.807) is 0 Å². The van der Waals surface area contributed by atoms with Gasteiger partial charge in [0.05, 0.1) is 13.2 Å². The minimum atomic E-state index is -0.0546. The van der Waals surface area contributed by atoms with Crippen molar-refractivity contribution >= 4 is 5.97 Å². The summed E-state index contributed by atoms with van der Waals surface area (Å²) in [4.78, 5) is 11.6. The van der Waals surface area contributed by atoms with Crippen molar-refractivity contribution < 1.29 is 14.6 Å². The lowest BCUT2D eigenvalue weighted by molar-refractivity contribution is -0.141. The molecule has 3 nitrogen and oxygen atoms in total. The average molecular weight is 391 g/mol. The van der Waals surface area contributed by atoms with Crippen LogP contribution in [0, 0.1) is 46.3 Å². The Morgan fingerprint density at radius 1 is 1.04 bits per heavy atom.